The first-order valence-corrected chi connectivity index (χ1v) is 9.57. The molecule has 2 atom stereocenters. The van der Waals surface area contributed by atoms with E-state index in [2.05, 4.69) is 15.3 Å². The number of nitrogens with one attached hydrogen (secondary N) is 2. The molecular formula is C19H22ClFN4O4. The highest BCUT2D eigenvalue weighted by Gasteiger charge is 2.32. The number of aromatic carboxylic acids is 1. The lowest BCUT2D eigenvalue weighted by Gasteiger charge is -2.39. The van der Waals surface area contributed by atoms with E-state index in [-0.39, 0.29) is 28.3 Å². The molecule has 0 unspecified atom stereocenters. The number of rotatable bonds is 6. The molecule has 156 valence electrons. The number of ether oxygens (including phenoxy) is 1. The van der Waals surface area contributed by atoms with Crippen molar-refractivity contribution in [3.8, 4) is 0 Å². The number of carboxylic acids is 1. The fourth-order valence-corrected chi connectivity index (χ4v) is 3.66. The van der Waals surface area contributed by atoms with Crippen molar-refractivity contribution in [1.82, 2.24) is 15.3 Å². The van der Waals surface area contributed by atoms with Gasteiger partial charge in [0.1, 0.15) is 5.82 Å². The number of hydrogen-bond donors (Lipinski definition) is 3. The van der Waals surface area contributed by atoms with Crippen molar-refractivity contribution in [2.24, 2.45) is 0 Å². The summed E-state index contributed by atoms with van der Waals surface area (Å²) in [4.78, 5) is 32.4. The first kappa shape index (κ1) is 21.1. The Bertz CT molecular complexity index is 920. The third kappa shape index (κ3) is 4.51. The van der Waals surface area contributed by atoms with E-state index in [9.17, 15) is 14.0 Å². The quantitative estimate of drug-likeness (QED) is 0.657. The van der Waals surface area contributed by atoms with Gasteiger partial charge in [-0.1, -0.05) is 18.5 Å². The molecule has 2 aromatic rings. The van der Waals surface area contributed by atoms with Crippen molar-refractivity contribution in [3.05, 3.63) is 46.3 Å². The number of carbonyl (C=O) groups is 2. The van der Waals surface area contributed by atoms with Crippen LogP contribution in [0.4, 0.5) is 10.1 Å². The van der Waals surface area contributed by atoms with E-state index >= 15 is 0 Å². The Morgan fingerprint density at radius 2 is 2.24 bits per heavy atom. The number of aryl methyl sites for hydroxylation is 1. The predicted molar refractivity (Wildman–Crippen MR) is 105 cm³/mol. The van der Waals surface area contributed by atoms with Crippen LogP contribution in [0.3, 0.4) is 0 Å². The summed E-state index contributed by atoms with van der Waals surface area (Å²) in [5.41, 5.74) is 0.887. The Morgan fingerprint density at radius 3 is 2.86 bits per heavy atom. The number of hydrogen-bond acceptors (Lipinski definition) is 5. The van der Waals surface area contributed by atoms with Gasteiger partial charge in [0, 0.05) is 20.2 Å². The SMILES string of the molecule is CCc1[nH]c(C(=O)N[C@H]2CCN(c3cc(C(=O)O)ccc3F)C[C@H]2OC)nc1Cl. The second-order valence-corrected chi connectivity index (χ2v) is 7.13. The highest BCUT2D eigenvalue weighted by Crippen LogP contribution is 2.26. The van der Waals surface area contributed by atoms with E-state index < -0.39 is 23.8 Å². The van der Waals surface area contributed by atoms with Crippen molar-refractivity contribution >= 4 is 29.2 Å². The lowest BCUT2D eigenvalue weighted by atomic mass is 10.00. The van der Waals surface area contributed by atoms with Gasteiger partial charge in [-0.15, -0.1) is 0 Å². The number of carbonyl (C=O) groups excluding carboxylic acids is 1. The predicted octanol–water partition coefficient (Wildman–Crippen LogP) is 2.49. The minimum absolute atomic E-state index is 0.00668. The summed E-state index contributed by atoms with van der Waals surface area (Å²) in [7, 11) is 1.51. The van der Waals surface area contributed by atoms with Crippen LogP contribution in [0.15, 0.2) is 18.2 Å². The molecule has 8 nitrogen and oxygen atoms in total. The van der Waals surface area contributed by atoms with Crippen molar-refractivity contribution in [2.45, 2.75) is 31.9 Å². The van der Waals surface area contributed by atoms with Crippen LogP contribution in [-0.2, 0) is 11.2 Å². The zero-order valence-electron chi connectivity index (χ0n) is 16.0. The summed E-state index contributed by atoms with van der Waals surface area (Å²) in [6, 6.07) is 3.35. The molecule has 0 bridgehead atoms. The first-order valence-electron chi connectivity index (χ1n) is 9.19. The standard InChI is InChI=1S/C19H22ClFN4O4/c1-3-12-16(20)24-17(22-12)18(26)23-13-6-7-25(9-15(13)29-2)14-8-10(19(27)28)4-5-11(14)21/h4-5,8,13,15H,3,6-7,9H2,1-2H3,(H,22,24)(H,23,26)(H,27,28)/t13-,15+/m0/s1. The number of benzene rings is 1. The number of methoxy groups -OCH3 is 1. The average Bonchev–Trinajstić information content (AvgIpc) is 3.09. The Kier molecular flexibility index (Phi) is 6.39. The first-order chi connectivity index (χ1) is 13.8. The van der Waals surface area contributed by atoms with Crippen LogP contribution < -0.4 is 10.2 Å². The Morgan fingerprint density at radius 1 is 1.48 bits per heavy atom. The van der Waals surface area contributed by atoms with Gasteiger partial charge in [0.05, 0.1) is 29.1 Å². The lowest BCUT2D eigenvalue weighted by molar-refractivity contribution is 0.0537. The molecule has 1 amide bonds. The topological polar surface area (TPSA) is 108 Å². The monoisotopic (exact) mass is 424 g/mol. The number of carboxylic acid groups (broad SMARTS) is 1. The number of H-pyrrole nitrogens is 1. The zero-order valence-corrected chi connectivity index (χ0v) is 16.8. The molecule has 0 radical (unpaired) electrons. The average molecular weight is 425 g/mol. The molecule has 1 aromatic carbocycles. The minimum atomic E-state index is -1.12. The molecule has 1 aliphatic heterocycles. The smallest absolute Gasteiger partial charge is 0.335 e. The van der Waals surface area contributed by atoms with Crippen molar-refractivity contribution in [3.63, 3.8) is 0 Å². The fraction of sp³-hybridized carbons (Fsp3) is 0.421. The molecule has 2 heterocycles. The van der Waals surface area contributed by atoms with E-state index in [1.165, 1.54) is 19.2 Å². The van der Waals surface area contributed by atoms with Gasteiger partial charge in [-0.05, 0) is 31.0 Å². The van der Waals surface area contributed by atoms with Crippen molar-refractivity contribution in [1.29, 1.82) is 0 Å². The fourth-order valence-electron chi connectivity index (χ4n) is 3.39. The third-order valence-corrected chi connectivity index (χ3v) is 5.32. The highest BCUT2D eigenvalue weighted by molar-refractivity contribution is 6.30. The largest absolute Gasteiger partial charge is 0.478 e. The van der Waals surface area contributed by atoms with Gasteiger partial charge < -0.3 is 25.0 Å². The molecule has 10 heteroatoms. The molecule has 0 spiro atoms. The number of amides is 1. The summed E-state index contributed by atoms with van der Waals surface area (Å²) >= 11 is 5.99. The van der Waals surface area contributed by atoms with Gasteiger partial charge in [0.15, 0.2) is 11.0 Å². The molecular weight excluding hydrogens is 403 g/mol. The number of anilines is 1. The summed E-state index contributed by atoms with van der Waals surface area (Å²) in [5, 5.41) is 12.3. The third-order valence-electron chi connectivity index (χ3n) is 5.01. The van der Waals surface area contributed by atoms with Crippen LogP contribution in [-0.4, -0.2) is 59.3 Å². The normalized spacial score (nSPS) is 19.2. The van der Waals surface area contributed by atoms with E-state index in [0.29, 0.717) is 31.6 Å². The van der Waals surface area contributed by atoms with E-state index in [0.717, 1.165) is 6.07 Å². The number of piperidine rings is 1. The van der Waals surface area contributed by atoms with Crippen molar-refractivity contribution < 1.29 is 23.8 Å². The minimum Gasteiger partial charge on any atom is -0.478 e. The van der Waals surface area contributed by atoms with Crippen LogP contribution in [0, 0.1) is 5.82 Å². The van der Waals surface area contributed by atoms with Crippen LogP contribution in [0.25, 0.3) is 0 Å². The van der Waals surface area contributed by atoms with Gasteiger partial charge in [-0.3, -0.25) is 4.79 Å². The van der Waals surface area contributed by atoms with E-state index in [1.54, 1.807) is 4.90 Å². The molecule has 3 rings (SSSR count). The lowest BCUT2D eigenvalue weighted by Crippen LogP contribution is -2.55. The number of halogens is 2. The maximum Gasteiger partial charge on any atom is 0.335 e. The second-order valence-electron chi connectivity index (χ2n) is 6.77. The molecule has 0 aliphatic carbocycles. The maximum atomic E-state index is 14.3. The molecule has 3 N–H and O–H groups in total. The van der Waals surface area contributed by atoms with Crippen molar-refractivity contribution in [2.75, 3.05) is 25.1 Å². The number of imidazole rings is 1. The van der Waals surface area contributed by atoms with E-state index in [4.69, 9.17) is 21.4 Å². The second kappa shape index (κ2) is 8.79. The zero-order chi connectivity index (χ0) is 21.1. The molecule has 1 saturated heterocycles. The number of aromatic nitrogens is 2. The Hall–Kier alpha value is -2.65. The van der Waals surface area contributed by atoms with Crippen LogP contribution in [0.2, 0.25) is 5.15 Å². The van der Waals surface area contributed by atoms with Gasteiger partial charge in [0.25, 0.3) is 5.91 Å². The summed E-state index contributed by atoms with van der Waals surface area (Å²) < 4.78 is 19.8. The maximum absolute atomic E-state index is 14.3. The molecule has 0 saturated carbocycles. The van der Waals surface area contributed by atoms with Gasteiger partial charge in [0.2, 0.25) is 0 Å². The Balaban J connectivity index is 1.72. The Labute approximate surface area is 172 Å². The molecule has 1 fully saturated rings. The molecule has 29 heavy (non-hydrogen) atoms. The van der Waals surface area contributed by atoms with Gasteiger partial charge in [-0.25, -0.2) is 14.2 Å². The number of nitrogens with zero attached hydrogens (tertiary/aromatic N) is 2. The number of aromatic amines is 1. The van der Waals surface area contributed by atoms with E-state index in [1.807, 2.05) is 6.92 Å². The molecule has 1 aromatic heterocycles. The summed E-state index contributed by atoms with van der Waals surface area (Å²) in [6.07, 6.45) is 0.687. The summed E-state index contributed by atoms with van der Waals surface area (Å²) in [5.74, 6) is -1.90. The van der Waals surface area contributed by atoms with Crippen LogP contribution in [0.5, 0.6) is 0 Å². The van der Waals surface area contributed by atoms with Crippen LogP contribution in [0.1, 0.15) is 40.0 Å². The highest BCUT2D eigenvalue weighted by atomic mass is 35.5. The van der Waals surface area contributed by atoms with Gasteiger partial charge >= 0.3 is 5.97 Å². The van der Waals surface area contributed by atoms with Gasteiger partial charge in [-0.2, -0.15) is 0 Å². The summed E-state index contributed by atoms with van der Waals surface area (Å²) in [6.45, 7) is 2.61. The van der Waals surface area contributed by atoms with Crippen LogP contribution >= 0.6 is 11.6 Å². The molecule has 1 aliphatic rings.